The summed E-state index contributed by atoms with van der Waals surface area (Å²) in [7, 11) is 0. The van der Waals surface area contributed by atoms with Gasteiger partial charge in [-0.25, -0.2) is 5.01 Å². The van der Waals surface area contributed by atoms with Crippen molar-refractivity contribution in [2.75, 3.05) is 6.54 Å². The fraction of sp³-hybridized carbons (Fsp3) is 0.588. The molecule has 1 heterocycles. The molecular weight excluding hydrogens is 305 g/mol. The zero-order chi connectivity index (χ0) is 17.6. The van der Waals surface area contributed by atoms with E-state index in [9.17, 15) is 18.0 Å². The van der Waals surface area contributed by atoms with Crippen molar-refractivity contribution >= 4 is 5.91 Å². The minimum Gasteiger partial charge on any atom is -0.287 e. The van der Waals surface area contributed by atoms with Crippen molar-refractivity contribution in [3.05, 3.63) is 35.4 Å². The molecule has 0 aromatic heterocycles. The smallest absolute Gasteiger partial charge is 0.287 e. The Morgan fingerprint density at radius 2 is 1.65 bits per heavy atom. The third kappa shape index (κ3) is 3.68. The van der Waals surface area contributed by atoms with E-state index in [4.69, 9.17) is 0 Å². The number of alkyl halides is 3. The van der Waals surface area contributed by atoms with Crippen LogP contribution in [-0.2, 0) is 10.2 Å². The average Bonchev–Trinajstić information content (AvgIpc) is 2.61. The second kappa shape index (κ2) is 5.51. The fourth-order valence-corrected chi connectivity index (χ4v) is 2.69. The lowest BCUT2D eigenvalue weighted by Gasteiger charge is -2.30. The Morgan fingerprint density at radius 1 is 1.13 bits per heavy atom. The van der Waals surface area contributed by atoms with Crippen molar-refractivity contribution in [1.82, 2.24) is 10.4 Å². The Kier molecular flexibility index (Phi) is 4.26. The predicted molar refractivity (Wildman–Crippen MR) is 82.6 cm³/mol. The lowest BCUT2D eigenvalue weighted by Crippen LogP contribution is -2.43. The van der Waals surface area contributed by atoms with E-state index in [0.29, 0.717) is 0 Å². The zero-order valence-electron chi connectivity index (χ0n) is 14.1. The number of carbonyl (C=O) groups excluding carboxylic acids is 1. The molecule has 0 radical (unpaired) electrons. The molecule has 128 valence electrons. The maximum atomic E-state index is 13.6. The number of nitrogens with one attached hydrogen (secondary N) is 1. The van der Waals surface area contributed by atoms with Crippen LogP contribution in [0.4, 0.5) is 13.2 Å². The zero-order valence-corrected chi connectivity index (χ0v) is 14.1. The highest BCUT2D eigenvalue weighted by molar-refractivity contribution is 5.83. The fourth-order valence-electron chi connectivity index (χ4n) is 2.69. The molecule has 1 aliphatic rings. The van der Waals surface area contributed by atoms with Gasteiger partial charge in [-0.3, -0.25) is 10.2 Å². The molecule has 0 saturated carbocycles. The predicted octanol–water partition coefficient (Wildman–Crippen LogP) is 3.96. The molecule has 1 aromatic carbocycles. The van der Waals surface area contributed by atoms with Gasteiger partial charge in [0.05, 0.1) is 5.41 Å². The van der Waals surface area contributed by atoms with Crippen molar-refractivity contribution in [1.29, 1.82) is 0 Å². The molecule has 1 aromatic rings. The topological polar surface area (TPSA) is 32.3 Å². The number of amides is 1. The van der Waals surface area contributed by atoms with Crippen LogP contribution in [0.1, 0.15) is 51.8 Å². The Hall–Kier alpha value is -1.56. The molecule has 1 atom stereocenters. The molecule has 3 nitrogen and oxygen atoms in total. The summed E-state index contributed by atoms with van der Waals surface area (Å²) in [5.41, 5.74) is 2.50. The first-order valence-corrected chi connectivity index (χ1v) is 7.57. The maximum Gasteiger partial charge on any atom is 0.409 e. The third-order valence-corrected chi connectivity index (χ3v) is 4.14. The number of carbonyl (C=O) groups is 1. The normalized spacial score (nSPS) is 20.4. The Bertz CT molecular complexity index is 585. The van der Waals surface area contributed by atoms with E-state index in [1.54, 1.807) is 26.0 Å². The van der Waals surface area contributed by atoms with E-state index < -0.39 is 23.5 Å². The standard InChI is InChI=1S/C17H23F3N2O/c1-15(2,3)12-8-6-11(7-9-12)13(17(18,19)20)22-10-16(4,5)14(23)21-22/h6-9,13H,10H2,1-5H3,(H,21,23). The van der Waals surface area contributed by atoms with Gasteiger partial charge in [-0.1, -0.05) is 45.0 Å². The highest BCUT2D eigenvalue weighted by atomic mass is 19.4. The number of benzene rings is 1. The lowest BCUT2D eigenvalue weighted by molar-refractivity contribution is -0.191. The second-order valence-corrected chi connectivity index (χ2v) is 7.77. The minimum atomic E-state index is -4.48. The summed E-state index contributed by atoms with van der Waals surface area (Å²) < 4.78 is 40.7. The third-order valence-electron chi connectivity index (χ3n) is 4.14. The molecule has 2 rings (SSSR count). The van der Waals surface area contributed by atoms with E-state index in [-0.39, 0.29) is 17.5 Å². The molecule has 0 aliphatic carbocycles. The molecular formula is C17H23F3N2O. The molecule has 0 bridgehead atoms. The molecule has 1 fully saturated rings. The number of hydrogen-bond acceptors (Lipinski definition) is 2. The van der Waals surface area contributed by atoms with Crippen LogP contribution < -0.4 is 5.43 Å². The molecule has 1 aliphatic heterocycles. The van der Waals surface area contributed by atoms with Gasteiger partial charge in [-0.15, -0.1) is 0 Å². The first kappa shape index (κ1) is 17.8. The lowest BCUT2D eigenvalue weighted by atomic mass is 9.86. The summed E-state index contributed by atoms with van der Waals surface area (Å²) in [4.78, 5) is 11.8. The van der Waals surface area contributed by atoms with Gasteiger partial charge < -0.3 is 0 Å². The second-order valence-electron chi connectivity index (χ2n) is 7.77. The molecule has 6 heteroatoms. The van der Waals surface area contributed by atoms with Gasteiger partial charge in [-0.2, -0.15) is 13.2 Å². The van der Waals surface area contributed by atoms with Crippen LogP contribution in [0.5, 0.6) is 0 Å². The SMILES string of the molecule is CC1(C)CN(C(c2ccc(C(C)(C)C)cc2)C(F)(F)F)NC1=O. The summed E-state index contributed by atoms with van der Waals surface area (Å²) in [6, 6.07) is 4.59. The molecule has 1 amide bonds. The highest BCUT2D eigenvalue weighted by Gasteiger charge is 2.51. The van der Waals surface area contributed by atoms with Crippen LogP contribution in [-0.4, -0.2) is 23.6 Å². The summed E-state index contributed by atoms with van der Waals surface area (Å²) in [5, 5.41) is 0.994. The summed E-state index contributed by atoms with van der Waals surface area (Å²) >= 11 is 0. The molecule has 1 saturated heterocycles. The van der Waals surface area contributed by atoms with Gasteiger partial charge in [0.1, 0.15) is 6.04 Å². The van der Waals surface area contributed by atoms with Gasteiger partial charge in [0.15, 0.2) is 0 Å². The van der Waals surface area contributed by atoms with Crippen LogP contribution in [0.3, 0.4) is 0 Å². The van der Waals surface area contributed by atoms with Crippen molar-refractivity contribution in [3.8, 4) is 0 Å². The number of nitrogens with zero attached hydrogens (tertiary/aromatic N) is 1. The van der Waals surface area contributed by atoms with E-state index in [1.807, 2.05) is 20.8 Å². The van der Waals surface area contributed by atoms with Crippen molar-refractivity contribution < 1.29 is 18.0 Å². The number of hydrazine groups is 1. The highest BCUT2D eigenvalue weighted by Crippen LogP contribution is 2.40. The van der Waals surface area contributed by atoms with Gasteiger partial charge in [0, 0.05) is 6.54 Å². The largest absolute Gasteiger partial charge is 0.409 e. The first-order valence-electron chi connectivity index (χ1n) is 7.57. The van der Waals surface area contributed by atoms with Gasteiger partial charge >= 0.3 is 6.18 Å². The van der Waals surface area contributed by atoms with Crippen LogP contribution in [0, 0.1) is 5.41 Å². The van der Waals surface area contributed by atoms with Gasteiger partial charge in [0.25, 0.3) is 0 Å². The number of hydrogen-bond donors (Lipinski definition) is 1. The first-order chi connectivity index (χ1) is 10.3. The van der Waals surface area contributed by atoms with E-state index in [2.05, 4.69) is 5.43 Å². The summed E-state index contributed by atoms with van der Waals surface area (Å²) in [6.45, 7) is 9.30. The number of rotatable bonds is 2. The Labute approximate surface area is 134 Å². The molecule has 1 N–H and O–H groups in total. The van der Waals surface area contributed by atoms with Crippen LogP contribution in [0.15, 0.2) is 24.3 Å². The van der Waals surface area contributed by atoms with Crippen molar-refractivity contribution in [2.24, 2.45) is 5.41 Å². The monoisotopic (exact) mass is 328 g/mol. The Balaban J connectivity index is 2.36. The average molecular weight is 328 g/mol. The summed E-state index contributed by atoms with van der Waals surface area (Å²) in [5.74, 6) is -0.391. The van der Waals surface area contributed by atoms with Crippen molar-refractivity contribution in [3.63, 3.8) is 0 Å². The van der Waals surface area contributed by atoms with Crippen LogP contribution in [0.25, 0.3) is 0 Å². The van der Waals surface area contributed by atoms with Gasteiger partial charge in [0.2, 0.25) is 5.91 Å². The van der Waals surface area contributed by atoms with Crippen LogP contribution in [0.2, 0.25) is 0 Å². The van der Waals surface area contributed by atoms with E-state index in [0.717, 1.165) is 10.6 Å². The van der Waals surface area contributed by atoms with Gasteiger partial charge in [-0.05, 0) is 30.4 Å². The Morgan fingerprint density at radius 3 is 2.00 bits per heavy atom. The van der Waals surface area contributed by atoms with Crippen LogP contribution >= 0.6 is 0 Å². The minimum absolute atomic E-state index is 0.0109. The molecule has 1 unspecified atom stereocenters. The quantitative estimate of drug-likeness (QED) is 0.891. The van der Waals surface area contributed by atoms with E-state index in [1.165, 1.54) is 12.1 Å². The van der Waals surface area contributed by atoms with E-state index >= 15 is 0 Å². The maximum absolute atomic E-state index is 13.6. The molecule has 23 heavy (non-hydrogen) atoms. The van der Waals surface area contributed by atoms with Crippen molar-refractivity contribution in [2.45, 2.75) is 52.3 Å². The number of halogens is 3. The molecule has 0 spiro atoms. The summed E-state index contributed by atoms with van der Waals surface area (Å²) in [6.07, 6.45) is -4.48.